The van der Waals surface area contributed by atoms with Crippen LogP contribution >= 0.6 is 34.5 Å². The monoisotopic (exact) mass is 310 g/mol. The summed E-state index contributed by atoms with van der Waals surface area (Å²) in [7, 11) is 0. The van der Waals surface area contributed by atoms with Crippen molar-refractivity contribution < 1.29 is 0 Å². The highest BCUT2D eigenvalue weighted by Crippen LogP contribution is 2.26. The summed E-state index contributed by atoms with van der Waals surface area (Å²) in [6, 6.07) is 10.1. The molecule has 0 spiro atoms. The van der Waals surface area contributed by atoms with Gasteiger partial charge in [-0.3, -0.25) is 0 Å². The Morgan fingerprint density at radius 3 is 2.79 bits per heavy atom. The first kappa shape index (κ1) is 13.0. The van der Waals surface area contributed by atoms with Crippen LogP contribution in [0.4, 0.5) is 0 Å². The zero-order chi connectivity index (χ0) is 13.4. The zero-order valence-corrected chi connectivity index (χ0v) is 12.7. The van der Waals surface area contributed by atoms with Crippen LogP contribution in [0.25, 0.3) is 11.0 Å². The third kappa shape index (κ3) is 2.38. The zero-order valence-electron chi connectivity index (χ0n) is 10.4. The van der Waals surface area contributed by atoms with Crippen LogP contribution in [-0.2, 0) is 12.4 Å². The molecule has 3 aromatic rings. The second kappa shape index (κ2) is 5.16. The smallest absolute Gasteiger partial charge is 0.125 e. The summed E-state index contributed by atoms with van der Waals surface area (Å²) in [5.74, 6) is 1.31. The third-order valence-electron chi connectivity index (χ3n) is 3.11. The Morgan fingerprint density at radius 1 is 1.26 bits per heavy atom. The fourth-order valence-corrected chi connectivity index (χ4v) is 3.56. The SMILES string of the molecule is Cc1cccc2nc(CCl)n(Cc3ccc(Cl)s3)c12. The van der Waals surface area contributed by atoms with E-state index in [1.807, 2.05) is 18.2 Å². The molecule has 0 amide bonds. The topological polar surface area (TPSA) is 17.8 Å². The van der Waals surface area contributed by atoms with Crippen LogP contribution in [-0.4, -0.2) is 9.55 Å². The van der Waals surface area contributed by atoms with Crippen LogP contribution in [0, 0.1) is 6.92 Å². The molecule has 0 aliphatic carbocycles. The van der Waals surface area contributed by atoms with Crippen molar-refractivity contribution in [3.63, 3.8) is 0 Å². The third-order valence-corrected chi connectivity index (χ3v) is 4.56. The van der Waals surface area contributed by atoms with Gasteiger partial charge in [0.2, 0.25) is 0 Å². The van der Waals surface area contributed by atoms with E-state index in [-0.39, 0.29) is 0 Å². The number of aryl methyl sites for hydroxylation is 1. The van der Waals surface area contributed by atoms with Crippen LogP contribution in [0.5, 0.6) is 0 Å². The predicted molar refractivity (Wildman–Crippen MR) is 82.5 cm³/mol. The lowest BCUT2D eigenvalue weighted by Crippen LogP contribution is -2.03. The first-order valence-corrected chi connectivity index (χ1v) is 7.67. The van der Waals surface area contributed by atoms with Gasteiger partial charge in [0, 0.05) is 4.88 Å². The van der Waals surface area contributed by atoms with Crippen molar-refractivity contribution in [2.24, 2.45) is 0 Å². The fraction of sp³-hybridized carbons (Fsp3) is 0.214. The van der Waals surface area contributed by atoms with Gasteiger partial charge < -0.3 is 4.57 Å². The van der Waals surface area contributed by atoms with Crippen molar-refractivity contribution in [1.29, 1.82) is 0 Å². The lowest BCUT2D eigenvalue weighted by Gasteiger charge is -2.07. The molecule has 0 aliphatic heterocycles. The molecule has 0 N–H and O–H groups in total. The molecule has 98 valence electrons. The molecule has 0 aliphatic rings. The fourth-order valence-electron chi connectivity index (χ4n) is 2.28. The van der Waals surface area contributed by atoms with Gasteiger partial charge in [-0.25, -0.2) is 4.98 Å². The average Bonchev–Trinajstić information content (AvgIpc) is 2.95. The minimum Gasteiger partial charge on any atom is -0.321 e. The second-order valence-electron chi connectivity index (χ2n) is 4.40. The van der Waals surface area contributed by atoms with Gasteiger partial charge in [0.15, 0.2) is 0 Å². The quantitative estimate of drug-likeness (QED) is 0.632. The first-order chi connectivity index (χ1) is 9.19. The lowest BCUT2D eigenvalue weighted by atomic mass is 10.2. The number of nitrogens with zero attached hydrogens (tertiary/aromatic N) is 2. The van der Waals surface area contributed by atoms with E-state index < -0.39 is 0 Å². The number of fused-ring (bicyclic) bond motifs is 1. The normalized spacial score (nSPS) is 11.3. The number of imidazole rings is 1. The van der Waals surface area contributed by atoms with Gasteiger partial charge in [-0.1, -0.05) is 23.7 Å². The van der Waals surface area contributed by atoms with Gasteiger partial charge in [-0.05, 0) is 30.7 Å². The predicted octanol–water partition coefficient (Wildman–Crippen LogP) is 4.85. The van der Waals surface area contributed by atoms with Gasteiger partial charge in [-0.15, -0.1) is 22.9 Å². The highest BCUT2D eigenvalue weighted by Gasteiger charge is 2.12. The van der Waals surface area contributed by atoms with Gasteiger partial charge >= 0.3 is 0 Å². The van der Waals surface area contributed by atoms with Gasteiger partial charge in [0.1, 0.15) is 5.82 Å². The number of aromatic nitrogens is 2. The molecule has 5 heteroatoms. The molecule has 0 radical (unpaired) electrons. The highest BCUT2D eigenvalue weighted by atomic mass is 35.5. The maximum Gasteiger partial charge on any atom is 0.125 e. The van der Waals surface area contributed by atoms with E-state index >= 15 is 0 Å². The van der Waals surface area contributed by atoms with Gasteiger partial charge in [0.05, 0.1) is 27.8 Å². The number of thiophene rings is 1. The largest absolute Gasteiger partial charge is 0.321 e. The average molecular weight is 311 g/mol. The van der Waals surface area contributed by atoms with Gasteiger partial charge in [0.25, 0.3) is 0 Å². The Labute approximate surface area is 125 Å². The maximum absolute atomic E-state index is 6.02. The Bertz CT molecular complexity index is 730. The molecule has 3 rings (SSSR count). The van der Waals surface area contributed by atoms with Crippen molar-refractivity contribution in [2.45, 2.75) is 19.3 Å². The van der Waals surface area contributed by atoms with Crippen molar-refractivity contribution in [2.75, 3.05) is 0 Å². The molecule has 0 bridgehead atoms. The molecule has 0 saturated heterocycles. The van der Waals surface area contributed by atoms with Crippen molar-refractivity contribution in [1.82, 2.24) is 9.55 Å². The summed E-state index contributed by atoms with van der Waals surface area (Å²) in [6.07, 6.45) is 0. The molecule has 2 nitrogen and oxygen atoms in total. The number of hydrogen-bond donors (Lipinski definition) is 0. The summed E-state index contributed by atoms with van der Waals surface area (Å²) in [5, 5.41) is 0. The lowest BCUT2D eigenvalue weighted by molar-refractivity contribution is 0.787. The van der Waals surface area contributed by atoms with Crippen molar-refractivity contribution in [3.8, 4) is 0 Å². The summed E-state index contributed by atoms with van der Waals surface area (Å²) < 4.78 is 2.99. The van der Waals surface area contributed by atoms with E-state index in [1.165, 1.54) is 10.4 Å². The first-order valence-electron chi connectivity index (χ1n) is 5.94. The number of halogens is 2. The molecular formula is C14H12Cl2N2S. The Balaban J connectivity index is 2.15. The van der Waals surface area contributed by atoms with E-state index in [0.717, 1.165) is 27.7 Å². The number of hydrogen-bond acceptors (Lipinski definition) is 2. The summed E-state index contributed by atoms with van der Waals surface area (Å²) in [4.78, 5) is 5.80. The van der Waals surface area contributed by atoms with Crippen molar-refractivity contribution >= 4 is 45.6 Å². The molecule has 0 atom stereocenters. The summed E-state index contributed by atoms with van der Waals surface area (Å²) in [6.45, 7) is 2.86. The van der Waals surface area contributed by atoms with Crippen LogP contribution < -0.4 is 0 Å². The Morgan fingerprint density at radius 2 is 2.11 bits per heavy atom. The molecule has 2 aromatic heterocycles. The molecule has 0 unspecified atom stereocenters. The highest BCUT2D eigenvalue weighted by molar-refractivity contribution is 7.16. The Kier molecular flexibility index (Phi) is 3.52. The second-order valence-corrected chi connectivity index (χ2v) is 6.46. The number of para-hydroxylation sites is 1. The number of alkyl halides is 1. The molecular weight excluding hydrogens is 299 g/mol. The Hall–Kier alpha value is -1.03. The summed E-state index contributed by atoms with van der Waals surface area (Å²) in [5.41, 5.74) is 3.37. The van der Waals surface area contributed by atoms with Crippen LogP contribution in [0.3, 0.4) is 0 Å². The maximum atomic E-state index is 6.02. The van der Waals surface area contributed by atoms with Crippen LogP contribution in [0.2, 0.25) is 4.34 Å². The van der Waals surface area contributed by atoms with E-state index in [0.29, 0.717) is 5.88 Å². The molecule has 19 heavy (non-hydrogen) atoms. The van der Waals surface area contributed by atoms with E-state index in [1.54, 1.807) is 11.3 Å². The van der Waals surface area contributed by atoms with Crippen LogP contribution in [0.1, 0.15) is 16.3 Å². The van der Waals surface area contributed by atoms with Crippen LogP contribution in [0.15, 0.2) is 30.3 Å². The minimum atomic E-state index is 0.410. The molecule has 0 saturated carbocycles. The molecule has 0 fully saturated rings. The van der Waals surface area contributed by atoms with Gasteiger partial charge in [-0.2, -0.15) is 0 Å². The van der Waals surface area contributed by atoms with E-state index in [4.69, 9.17) is 23.2 Å². The van der Waals surface area contributed by atoms with E-state index in [2.05, 4.69) is 28.6 Å². The number of benzene rings is 1. The van der Waals surface area contributed by atoms with E-state index in [9.17, 15) is 0 Å². The molecule has 2 heterocycles. The summed E-state index contributed by atoms with van der Waals surface area (Å²) >= 11 is 13.6. The standard InChI is InChI=1S/C14H12Cl2N2S/c1-9-3-2-4-11-14(9)18(13(7-15)17-11)8-10-5-6-12(16)19-10/h2-6H,7-8H2,1H3. The molecule has 1 aromatic carbocycles. The minimum absolute atomic E-state index is 0.410. The number of rotatable bonds is 3. The van der Waals surface area contributed by atoms with Crippen molar-refractivity contribution in [3.05, 3.63) is 50.9 Å².